The molecule has 0 bridgehead atoms. The second-order valence-corrected chi connectivity index (χ2v) is 4.65. The highest BCUT2D eigenvalue weighted by Crippen LogP contribution is 2.28. The van der Waals surface area contributed by atoms with E-state index < -0.39 is 0 Å². The van der Waals surface area contributed by atoms with Gasteiger partial charge in [-0.05, 0) is 31.5 Å². The number of rotatable bonds is 6. The molecule has 0 aliphatic carbocycles. The topological polar surface area (TPSA) is 69.4 Å². The van der Waals surface area contributed by atoms with Gasteiger partial charge in [0.2, 0.25) is 0 Å². The van der Waals surface area contributed by atoms with Gasteiger partial charge in [-0.2, -0.15) is 5.10 Å². The molecule has 0 spiro atoms. The van der Waals surface area contributed by atoms with Crippen molar-refractivity contribution in [1.29, 1.82) is 0 Å². The molecule has 0 aliphatic rings. The van der Waals surface area contributed by atoms with Crippen molar-refractivity contribution in [2.75, 3.05) is 7.11 Å². The molecule has 0 amide bonds. The van der Waals surface area contributed by atoms with Crippen LogP contribution in [0.25, 0.3) is 0 Å². The molecule has 0 radical (unpaired) electrons. The summed E-state index contributed by atoms with van der Waals surface area (Å²) in [7, 11) is 1.57. The average Bonchev–Trinajstić information content (AvgIpc) is 2.93. The van der Waals surface area contributed by atoms with Crippen LogP contribution in [-0.4, -0.2) is 27.0 Å². The molecule has 0 atom stereocenters. The predicted molar refractivity (Wildman–Crippen MR) is 73.7 cm³/mol. The van der Waals surface area contributed by atoms with Crippen molar-refractivity contribution in [3.63, 3.8) is 0 Å². The molecule has 6 heteroatoms. The Hall–Kier alpha value is -2.08. The van der Waals surface area contributed by atoms with Crippen LogP contribution in [0.5, 0.6) is 11.5 Å². The molecule has 1 heterocycles. The van der Waals surface area contributed by atoms with Crippen LogP contribution < -0.4 is 9.47 Å². The fraction of sp³-hybridized carbons (Fsp3) is 0.429. The zero-order valence-corrected chi connectivity index (χ0v) is 11.9. The van der Waals surface area contributed by atoms with Gasteiger partial charge in [-0.3, -0.25) is 0 Å². The summed E-state index contributed by atoms with van der Waals surface area (Å²) in [6.07, 6.45) is 1.52. The smallest absolute Gasteiger partial charge is 0.165 e. The Balaban J connectivity index is 2.12. The fourth-order valence-corrected chi connectivity index (χ4v) is 1.88. The SMILES string of the molecule is COc1cc(CO)ccc1OCc1ncnn1C(C)C. The summed E-state index contributed by atoms with van der Waals surface area (Å²) < 4.78 is 12.8. The molecule has 2 rings (SSSR count). The summed E-state index contributed by atoms with van der Waals surface area (Å²) in [5, 5.41) is 13.3. The van der Waals surface area contributed by atoms with Crippen LogP contribution in [0.1, 0.15) is 31.3 Å². The summed E-state index contributed by atoms with van der Waals surface area (Å²) in [6, 6.07) is 5.56. The average molecular weight is 277 g/mol. The lowest BCUT2D eigenvalue weighted by Crippen LogP contribution is -2.11. The summed E-state index contributed by atoms with van der Waals surface area (Å²) >= 11 is 0. The van der Waals surface area contributed by atoms with Gasteiger partial charge in [-0.1, -0.05) is 6.07 Å². The number of hydrogen-bond acceptors (Lipinski definition) is 5. The molecule has 2 aromatic rings. The molecular weight excluding hydrogens is 258 g/mol. The molecular formula is C14H19N3O3. The van der Waals surface area contributed by atoms with E-state index in [2.05, 4.69) is 10.1 Å². The van der Waals surface area contributed by atoms with Crippen LogP contribution >= 0.6 is 0 Å². The fourth-order valence-electron chi connectivity index (χ4n) is 1.88. The van der Waals surface area contributed by atoms with Crippen molar-refractivity contribution in [1.82, 2.24) is 14.8 Å². The number of nitrogens with zero attached hydrogens (tertiary/aromatic N) is 3. The molecule has 0 saturated heterocycles. The van der Waals surface area contributed by atoms with E-state index in [9.17, 15) is 0 Å². The molecule has 1 N–H and O–H groups in total. The molecule has 1 aromatic carbocycles. The molecule has 6 nitrogen and oxygen atoms in total. The molecule has 0 unspecified atom stereocenters. The number of aromatic nitrogens is 3. The van der Waals surface area contributed by atoms with Crippen LogP contribution in [0, 0.1) is 0 Å². The first-order valence-electron chi connectivity index (χ1n) is 6.44. The normalized spacial score (nSPS) is 10.8. The standard InChI is InChI=1S/C14H19N3O3/c1-10(2)17-14(15-9-16-17)8-20-12-5-4-11(7-18)6-13(12)19-3/h4-6,9-10,18H,7-8H2,1-3H3. The number of ether oxygens (including phenoxy) is 2. The highest BCUT2D eigenvalue weighted by atomic mass is 16.5. The lowest BCUT2D eigenvalue weighted by molar-refractivity contribution is 0.263. The minimum atomic E-state index is -0.0294. The van der Waals surface area contributed by atoms with Crippen LogP contribution in [0.2, 0.25) is 0 Å². The van der Waals surface area contributed by atoms with E-state index >= 15 is 0 Å². The highest BCUT2D eigenvalue weighted by molar-refractivity contribution is 5.42. The quantitative estimate of drug-likeness (QED) is 0.873. The Morgan fingerprint density at radius 1 is 1.30 bits per heavy atom. The largest absolute Gasteiger partial charge is 0.493 e. The van der Waals surface area contributed by atoms with Crippen molar-refractivity contribution < 1.29 is 14.6 Å². The summed E-state index contributed by atoms with van der Waals surface area (Å²) in [5.41, 5.74) is 0.777. The lowest BCUT2D eigenvalue weighted by Gasteiger charge is -2.13. The van der Waals surface area contributed by atoms with Gasteiger partial charge in [0, 0.05) is 6.04 Å². The second-order valence-electron chi connectivity index (χ2n) is 4.65. The monoisotopic (exact) mass is 277 g/mol. The highest BCUT2D eigenvalue weighted by Gasteiger charge is 2.10. The molecule has 20 heavy (non-hydrogen) atoms. The van der Waals surface area contributed by atoms with E-state index in [0.717, 1.165) is 11.4 Å². The van der Waals surface area contributed by atoms with Gasteiger partial charge in [0.15, 0.2) is 17.3 Å². The van der Waals surface area contributed by atoms with E-state index in [4.69, 9.17) is 14.6 Å². The van der Waals surface area contributed by atoms with Crippen molar-refractivity contribution in [2.45, 2.75) is 33.1 Å². The first-order chi connectivity index (χ1) is 9.65. The van der Waals surface area contributed by atoms with Crippen LogP contribution in [0.4, 0.5) is 0 Å². The van der Waals surface area contributed by atoms with Gasteiger partial charge >= 0.3 is 0 Å². The minimum absolute atomic E-state index is 0.0294. The maximum atomic E-state index is 9.11. The van der Waals surface area contributed by atoms with E-state index in [-0.39, 0.29) is 12.6 Å². The Bertz CT molecular complexity index is 567. The maximum Gasteiger partial charge on any atom is 0.165 e. The summed E-state index contributed by atoms with van der Waals surface area (Å²) in [5.74, 6) is 1.96. The number of aliphatic hydroxyl groups is 1. The first-order valence-corrected chi connectivity index (χ1v) is 6.44. The zero-order valence-electron chi connectivity index (χ0n) is 11.9. The second kappa shape index (κ2) is 6.38. The molecule has 0 aliphatic heterocycles. The number of aliphatic hydroxyl groups excluding tert-OH is 1. The van der Waals surface area contributed by atoms with Crippen molar-refractivity contribution >= 4 is 0 Å². The van der Waals surface area contributed by atoms with Gasteiger partial charge in [0.25, 0.3) is 0 Å². The Kier molecular flexibility index (Phi) is 4.57. The molecule has 108 valence electrons. The minimum Gasteiger partial charge on any atom is -0.493 e. The van der Waals surface area contributed by atoms with Gasteiger partial charge in [0.05, 0.1) is 13.7 Å². The maximum absolute atomic E-state index is 9.11. The van der Waals surface area contributed by atoms with Crippen LogP contribution in [-0.2, 0) is 13.2 Å². The Morgan fingerprint density at radius 3 is 2.75 bits per heavy atom. The zero-order chi connectivity index (χ0) is 14.5. The van der Waals surface area contributed by atoms with E-state index in [1.54, 1.807) is 25.3 Å². The van der Waals surface area contributed by atoms with Crippen LogP contribution in [0.3, 0.4) is 0 Å². The Labute approximate surface area is 118 Å². The van der Waals surface area contributed by atoms with Gasteiger partial charge in [-0.25, -0.2) is 9.67 Å². The van der Waals surface area contributed by atoms with Gasteiger partial charge < -0.3 is 14.6 Å². The summed E-state index contributed by atoms with van der Waals surface area (Å²) in [6.45, 7) is 4.36. The third kappa shape index (κ3) is 3.08. The third-order valence-corrected chi connectivity index (χ3v) is 2.90. The van der Waals surface area contributed by atoms with Gasteiger partial charge in [0.1, 0.15) is 12.9 Å². The number of benzene rings is 1. The van der Waals surface area contributed by atoms with E-state index in [0.29, 0.717) is 18.1 Å². The Morgan fingerprint density at radius 2 is 2.10 bits per heavy atom. The lowest BCUT2D eigenvalue weighted by atomic mass is 10.2. The molecule has 0 saturated carbocycles. The summed E-state index contributed by atoms with van der Waals surface area (Å²) in [4.78, 5) is 4.19. The van der Waals surface area contributed by atoms with E-state index in [1.807, 2.05) is 18.5 Å². The van der Waals surface area contributed by atoms with Crippen LogP contribution in [0.15, 0.2) is 24.5 Å². The number of hydrogen-bond donors (Lipinski definition) is 1. The van der Waals surface area contributed by atoms with Crippen molar-refractivity contribution in [3.05, 3.63) is 35.9 Å². The molecule has 1 aromatic heterocycles. The number of methoxy groups -OCH3 is 1. The first kappa shape index (κ1) is 14.3. The third-order valence-electron chi connectivity index (χ3n) is 2.90. The predicted octanol–water partition coefficient (Wildman–Crippen LogP) is 1.94. The van der Waals surface area contributed by atoms with E-state index in [1.165, 1.54) is 6.33 Å². The molecule has 0 fully saturated rings. The van der Waals surface area contributed by atoms with Crippen molar-refractivity contribution in [2.24, 2.45) is 0 Å². The van der Waals surface area contributed by atoms with Crippen molar-refractivity contribution in [3.8, 4) is 11.5 Å². The van der Waals surface area contributed by atoms with Gasteiger partial charge in [-0.15, -0.1) is 0 Å².